The first-order valence-corrected chi connectivity index (χ1v) is 9.08. The predicted molar refractivity (Wildman–Crippen MR) is 101 cm³/mol. The molecule has 0 saturated carbocycles. The van der Waals surface area contributed by atoms with E-state index in [0.29, 0.717) is 22.8 Å². The van der Waals surface area contributed by atoms with Gasteiger partial charge >= 0.3 is 5.97 Å². The first-order valence-electron chi connectivity index (χ1n) is 8.10. The first-order chi connectivity index (χ1) is 11.6. The van der Waals surface area contributed by atoms with Crippen LogP contribution >= 0.6 is 11.8 Å². The van der Waals surface area contributed by atoms with Gasteiger partial charge in [0.2, 0.25) is 0 Å². The van der Waals surface area contributed by atoms with Crippen LogP contribution in [0.1, 0.15) is 43.2 Å². The standard InChI is InChI=1S/C19H24N2O3S/c1-12-15(10-13-6-8-14(9-7-13)19(2,3)4)17(24)21(5)18(20-12)25-11-16(22)23/h6-9H,10-11H2,1-5H3,(H,22,23). The maximum Gasteiger partial charge on any atom is 0.313 e. The largest absolute Gasteiger partial charge is 0.481 e. The lowest BCUT2D eigenvalue weighted by atomic mass is 9.86. The van der Waals surface area contributed by atoms with Gasteiger partial charge in [0.05, 0.1) is 5.75 Å². The van der Waals surface area contributed by atoms with Gasteiger partial charge < -0.3 is 5.11 Å². The summed E-state index contributed by atoms with van der Waals surface area (Å²) in [6, 6.07) is 8.29. The minimum absolute atomic E-state index is 0.0924. The number of benzene rings is 1. The van der Waals surface area contributed by atoms with Gasteiger partial charge in [-0.3, -0.25) is 14.2 Å². The van der Waals surface area contributed by atoms with Crippen molar-refractivity contribution in [3.05, 3.63) is 57.0 Å². The number of nitrogens with zero attached hydrogens (tertiary/aromatic N) is 2. The fourth-order valence-corrected chi connectivity index (χ4v) is 3.25. The monoisotopic (exact) mass is 360 g/mol. The number of aryl methyl sites for hydroxylation is 1. The Morgan fingerprint density at radius 3 is 2.36 bits per heavy atom. The van der Waals surface area contributed by atoms with Gasteiger partial charge in [-0.25, -0.2) is 4.98 Å². The predicted octanol–water partition coefficient (Wildman–Crippen LogP) is 3.15. The van der Waals surface area contributed by atoms with Crippen molar-refractivity contribution in [2.45, 2.75) is 44.7 Å². The Bertz CT molecular complexity index is 833. The molecule has 0 unspecified atom stereocenters. The maximum atomic E-state index is 12.6. The molecule has 1 heterocycles. The molecule has 134 valence electrons. The quantitative estimate of drug-likeness (QED) is 0.655. The summed E-state index contributed by atoms with van der Waals surface area (Å²) in [5.41, 5.74) is 3.57. The maximum absolute atomic E-state index is 12.6. The summed E-state index contributed by atoms with van der Waals surface area (Å²) in [4.78, 5) is 27.8. The van der Waals surface area contributed by atoms with Gasteiger partial charge in [-0.05, 0) is 23.5 Å². The molecule has 0 amide bonds. The van der Waals surface area contributed by atoms with Crippen LogP contribution in [-0.4, -0.2) is 26.4 Å². The molecule has 0 spiro atoms. The summed E-state index contributed by atoms with van der Waals surface area (Å²) in [6.07, 6.45) is 0.514. The Hall–Kier alpha value is -2.08. The van der Waals surface area contributed by atoms with Gasteiger partial charge in [-0.1, -0.05) is 56.8 Å². The van der Waals surface area contributed by atoms with Crippen molar-refractivity contribution in [2.75, 3.05) is 5.75 Å². The fraction of sp³-hybridized carbons (Fsp3) is 0.421. The Morgan fingerprint density at radius 2 is 1.84 bits per heavy atom. The molecule has 2 aromatic rings. The molecule has 1 N–H and O–H groups in total. The molecule has 0 bridgehead atoms. The highest BCUT2D eigenvalue weighted by Gasteiger charge is 2.16. The van der Waals surface area contributed by atoms with Gasteiger partial charge in [0.1, 0.15) is 0 Å². The number of thioether (sulfide) groups is 1. The van der Waals surface area contributed by atoms with Crippen molar-refractivity contribution < 1.29 is 9.90 Å². The number of carboxylic acids is 1. The van der Waals surface area contributed by atoms with Crippen molar-refractivity contribution in [2.24, 2.45) is 7.05 Å². The molecular formula is C19H24N2O3S. The van der Waals surface area contributed by atoms with Crippen molar-refractivity contribution in [3.8, 4) is 0 Å². The lowest BCUT2D eigenvalue weighted by Crippen LogP contribution is -2.26. The topological polar surface area (TPSA) is 72.2 Å². The van der Waals surface area contributed by atoms with E-state index >= 15 is 0 Å². The Labute approximate surface area is 152 Å². The van der Waals surface area contributed by atoms with Gasteiger partial charge in [-0.15, -0.1) is 0 Å². The number of carbonyl (C=O) groups is 1. The van der Waals surface area contributed by atoms with Crippen LogP contribution in [0.4, 0.5) is 0 Å². The van der Waals surface area contributed by atoms with Crippen LogP contribution in [0.15, 0.2) is 34.2 Å². The third-order valence-corrected chi connectivity index (χ3v) is 5.09. The second kappa shape index (κ2) is 7.44. The fourth-order valence-electron chi connectivity index (χ4n) is 2.52. The van der Waals surface area contributed by atoms with Crippen molar-refractivity contribution >= 4 is 17.7 Å². The lowest BCUT2D eigenvalue weighted by molar-refractivity contribution is -0.133. The molecule has 5 nitrogen and oxygen atoms in total. The van der Waals surface area contributed by atoms with E-state index in [4.69, 9.17) is 5.11 Å². The summed E-state index contributed by atoms with van der Waals surface area (Å²) in [6.45, 7) is 8.29. The second-order valence-electron chi connectivity index (χ2n) is 7.13. The molecule has 25 heavy (non-hydrogen) atoms. The Morgan fingerprint density at radius 1 is 1.24 bits per heavy atom. The van der Waals surface area contributed by atoms with Crippen molar-refractivity contribution in [3.63, 3.8) is 0 Å². The van der Waals surface area contributed by atoms with E-state index in [0.717, 1.165) is 17.3 Å². The zero-order valence-corrected chi connectivity index (χ0v) is 16.1. The lowest BCUT2D eigenvalue weighted by Gasteiger charge is -2.19. The highest BCUT2D eigenvalue weighted by atomic mass is 32.2. The van der Waals surface area contributed by atoms with Gasteiger partial charge in [0.15, 0.2) is 5.16 Å². The third kappa shape index (κ3) is 4.72. The third-order valence-electron chi connectivity index (χ3n) is 4.08. The first kappa shape index (κ1) is 19.2. The van der Waals surface area contributed by atoms with Crippen LogP contribution in [0.5, 0.6) is 0 Å². The zero-order valence-electron chi connectivity index (χ0n) is 15.3. The van der Waals surface area contributed by atoms with Gasteiger partial charge in [0.25, 0.3) is 5.56 Å². The van der Waals surface area contributed by atoms with E-state index in [1.807, 2.05) is 12.1 Å². The average Bonchev–Trinajstić information content (AvgIpc) is 2.53. The van der Waals surface area contributed by atoms with Crippen LogP contribution < -0.4 is 5.56 Å². The smallest absolute Gasteiger partial charge is 0.313 e. The molecule has 0 radical (unpaired) electrons. The number of carboxylic acid groups (broad SMARTS) is 1. The molecule has 0 saturated heterocycles. The summed E-state index contributed by atoms with van der Waals surface area (Å²) in [5.74, 6) is -1.05. The van der Waals surface area contributed by atoms with E-state index < -0.39 is 5.97 Å². The molecule has 0 atom stereocenters. The minimum Gasteiger partial charge on any atom is -0.481 e. The molecular weight excluding hydrogens is 336 g/mol. The average molecular weight is 360 g/mol. The molecule has 0 fully saturated rings. The van der Waals surface area contributed by atoms with Gasteiger partial charge in [-0.2, -0.15) is 0 Å². The summed E-state index contributed by atoms with van der Waals surface area (Å²) < 4.78 is 1.43. The van der Waals surface area contributed by atoms with E-state index in [9.17, 15) is 9.59 Å². The number of hydrogen-bond donors (Lipinski definition) is 1. The number of rotatable bonds is 5. The summed E-state index contributed by atoms with van der Waals surface area (Å²) >= 11 is 1.06. The summed E-state index contributed by atoms with van der Waals surface area (Å²) in [7, 11) is 1.63. The van der Waals surface area contributed by atoms with E-state index in [2.05, 4.69) is 37.9 Å². The van der Waals surface area contributed by atoms with Crippen LogP contribution in [0.3, 0.4) is 0 Å². The Kier molecular flexibility index (Phi) is 5.72. The second-order valence-corrected chi connectivity index (χ2v) is 8.07. The molecule has 0 aliphatic carbocycles. The van der Waals surface area contributed by atoms with Crippen molar-refractivity contribution in [1.29, 1.82) is 0 Å². The molecule has 0 aliphatic heterocycles. The molecule has 0 aliphatic rings. The SMILES string of the molecule is Cc1nc(SCC(=O)O)n(C)c(=O)c1Cc1ccc(C(C)(C)C)cc1. The highest BCUT2D eigenvalue weighted by molar-refractivity contribution is 7.99. The van der Waals surface area contributed by atoms with E-state index in [1.165, 1.54) is 10.1 Å². The molecule has 1 aromatic carbocycles. The normalized spacial score (nSPS) is 11.6. The molecule has 1 aromatic heterocycles. The van der Waals surface area contributed by atoms with Crippen LogP contribution in [0.25, 0.3) is 0 Å². The van der Waals surface area contributed by atoms with Gasteiger partial charge in [0, 0.05) is 24.7 Å². The van der Waals surface area contributed by atoms with Crippen LogP contribution in [0, 0.1) is 6.92 Å². The van der Waals surface area contributed by atoms with E-state index in [-0.39, 0.29) is 16.7 Å². The molecule has 6 heteroatoms. The number of aromatic nitrogens is 2. The van der Waals surface area contributed by atoms with E-state index in [1.54, 1.807) is 14.0 Å². The highest BCUT2D eigenvalue weighted by Crippen LogP contribution is 2.23. The zero-order chi connectivity index (χ0) is 18.8. The molecule has 2 rings (SSSR count). The number of hydrogen-bond acceptors (Lipinski definition) is 4. The van der Waals surface area contributed by atoms with Crippen molar-refractivity contribution in [1.82, 2.24) is 9.55 Å². The summed E-state index contributed by atoms with van der Waals surface area (Å²) in [5, 5.41) is 9.22. The minimum atomic E-state index is -0.931. The number of aliphatic carboxylic acids is 1. The van der Waals surface area contributed by atoms with Crippen LogP contribution in [-0.2, 0) is 23.7 Å². The van der Waals surface area contributed by atoms with Crippen LogP contribution in [0.2, 0.25) is 0 Å². The Balaban J connectivity index is 2.29.